The van der Waals surface area contributed by atoms with E-state index >= 15 is 0 Å². The van der Waals surface area contributed by atoms with E-state index in [-0.39, 0.29) is 0 Å². The Morgan fingerprint density at radius 2 is 2.35 bits per heavy atom. The molecule has 2 heterocycles. The molecular weight excluding hydrogens is 212 g/mol. The molecule has 1 aliphatic heterocycles. The Kier molecular flexibility index (Phi) is 3.05. The van der Waals surface area contributed by atoms with Crippen molar-refractivity contribution in [3.8, 4) is 0 Å². The van der Waals surface area contributed by atoms with E-state index in [1.165, 1.54) is 32.1 Å². The quantitative estimate of drug-likeness (QED) is 0.837. The van der Waals surface area contributed by atoms with E-state index in [4.69, 9.17) is 0 Å². The molecule has 2 N–H and O–H groups in total. The van der Waals surface area contributed by atoms with Gasteiger partial charge in [0.1, 0.15) is 0 Å². The standard InChI is InChI=1S/C13H22N4/c1-17-9-12(8-15-17)14-7-11-6-10-4-2-3-5-13(10)16-11/h8-11,13-14,16H,2-7H2,1H3. The minimum absolute atomic E-state index is 0.642. The van der Waals surface area contributed by atoms with Crippen LogP contribution in [-0.4, -0.2) is 28.4 Å². The Morgan fingerprint density at radius 1 is 1.47 bits per heavy atom. The fourth-order valence-corrected chi connectivity index (χ4v) is 3.34. The van der Waals surface area contributed by atoms with Gasteiger partial charge in [-0.25, -0.2) is 0 Å². The Labute approximate surface area is 103 Å². The van der Waals surface area contributed by atoms with Crippen molar-refractivity contribution in [3.63, 3.8) is 0 Å². The number of hydrogen-bond acceptors (Lipinski definition) is 3. The van der Waals surface area contributed by atoms with Crippen LogP contribution < -0.4 is 10.6 Å². The van der Waals surface area contributed by atoms with Crippen LogP contribution in [0, 0.1) is 5.92 Å². The molecule has 2 aliphatic rings. The Balaban J connectivity index is 1.50. The third-order valence-corrected chi connectivity index (χ3v) is 4.20. The SMILES string of the molecule is Cn1cc(NCC2CC3CCCCC3N2)cn1. The van der Waals surface area contributed by atoms with Gasteiger partial charge in [-0.05, 0) is 25.2 Å². The van der Waals surface area contributed by atoms with Crippen molar-refractivity contribution in [2.24, 2.45) is 13.0 Å². The Morgan fingerprint density at radius 3 is 3.12 bits per heavy atom. The maximum atomic E-state index is 4.17. The van der Waals surface area contributed by atoms with Crippen molar-refractivity contribution in [1.29, 1.82) is 0 Å². The molecule has 3 atom stereocenters. The van der Waals surface area contributed by atoms with E-state index in [1.807, 2.05) is 24.1 Å². The molecule has 1 saturated heterocycles. The minimum Gasteiger partial charge on any atom is -0.381 e. The van der Waals surface area contributed by atoms with Crippen LogP contribution in [0.5, 0.6) is 0 Å². The van der Waals surface area contributed by atoms with E-state index in [1.54, 1.807) is 0 Å². The van der Waals surface area contributed by atoms with Crippen LogP contribution in [0.3, 0.4) is 0 Å². The number of nitrogens with one attached hydrogen (secondary N) is 2. The fraction of sp³-hybridized carbons (Fsp3) is 0.769. The molecule has 3 unspecified atom stereocenters. The average molecular weight is 234 g/mol. The molecule has 17 heavy (non-hydrogen) atoms. The molecule has 1 aliphatic carbocycles. The molecule has 1 aromatic heterocycles. The number of anilines is 1. The third-order valence-electron chi connectivity index (χ3n) is 4.20. The summed E-state index contributed by atoms with van der Waals surface area (Å²) in [6.07, 6.45) is 10.9. The lowest BCUT2D eigenvalue weighted by molar-refractivity contribution is 0.325. The molecule has 94 valence electrons. The summed E-state index contributed by atoms with van der Waals surface area (Å²) in [7, 11) is 1.95. The topological polar surface area (TPSA) is 41.9 Å². The smallest absolute Gasteiger partial charge is 0.0726 e. The normalized spacial score (nSPS) is 32.4. The first-order valence-corrected chi connectivity index (χ1v) is 6.80. The van der Waals surface area contributed by atoms with Crippen molar-refractivity contribution >= 4 is 5.69 Å². The number of hydrogen-bond donors (Lipinski definition) is 2. The largest absolute Gasteiger partial charge is 0.381 e. The van der Waals surface area contributed by atoms with E-state index in [9.17, 15) is 0 Å². The molecule has 3 rings (SSSR count). The number of rotatable bonds is 3. The van der Waals surface area contributed by atoms with Crippen molar-refractivity contribution < 1.29 is 0 Å². The highest BCUT2D eigenvalue weighted by Gasteiger charge is 2.34. The van der Waals surface area contributed by atoms with E-state index < -0.39 is 0 Å². The first-order valence-electron chi connectivity index (χ1n) is 6.80. The van der Waals surface area contributed by atoms with Crippen molar-refractivity contribution in [2.75, 3.05) is 11.9 Å². The van der Waals surface area contributed by atoms with Crippen LogP contribution in [0.25, 0.3) is 0 Å². The van der Waals surface area contributed by atoms with Gasteiger partial charge in [-0.3, -0.25) is 4.68 Å². The Hall–Kier alpha value is -1.03. The van der Waals surface area contributed by atoms with Crippen LogP contribution in [0.15, 0.2) is 12.4 Å². The molecule has 0 radical (unpaired) electrons. The first kappa shape index (κ1) is 11.1. The lowest BCUT2D eigenvalue weighted by atomic mass is 9.85. The van der Waals surface area contributed by atoms with Gasteiger partial charge in [0.25, 0.3) is 0 Å². The molecule has 0 bridgehead atoms. The molecular formula is C13H22N4. The summed E-state index contributed by atoms with van der Waals surface area (Å²) < 4.78 is 1.84. The predicted octanol–water partition coefficient (Wildman–Crippen LogP) is 1.75. The maximum Gasteiger partial charge on any atom is 0.0726 e. The van der Waals surface area contributed by atoms with Crippen LogP contribution >= 0.6 is 0 Å². The van der Waals surface area contributed by atoms with Gasteiger partial charge in [0.05, 0.1) is 11.9 Å². The lowest BCUT2D eigenvalue weighted by Gasteiger charge is -2.24. The zero-order valence-corrected chi connectivity index (χ0v) is 10.5. The van der Waals surface area contributed by atoms with E-state index in [0.29, 0.717) is 6.04 Å². The number of nitrogens with zero attached hydrogens (tertiary/aromatic N) is 2. The van der Waals surface area contributed by atoms with E-state index in [2.05, 4.69) is 15.7 Å². The average Bonchev–Trinajstić information content (AvgIpc) is 2.91. The number of fused-ring (bicyclic) bond motifs is 1. The van der Waals surface area contributed by atoms with Gasteiger partial charge in [0.2, 0.25) is 0 Å². The summed E-state index contributed by atoms with van der Waals surface area (Å²) in [6, 6.07) is 1.44. The molecule has 4 heteroatoms. The molecule has 4 nitrogen and oxygen atoms in total. The molecule has 2 fully saturated rings. The molecule has 1 saturated carbocycles. The molecule has 0 aromatic carbocycles. The first-order chi connectivity index (χ1) is 8.31. The minimum atomic E-state index is 0.642. The third kappa shape index (κ3) is 2.46. The highest BCUT2D eigenvalue weighted by molar-refractivity contribution is 5.38. The zero-order chi connectivity index (χ0) is 11.7. The number of aryl methyl sites for hydroxylation is 1. The highest BCUT2D eigenvalue weighted by Crippen LogP contribution is 2.33. The monoisotopic (exact) mass is 234 g/mol. The van der Waals surface area contributed by atoms with Crippen molar-refractivity contribution in [3.05, 3.63) is 12.4 Å². The molecule has 1 aromatic rings. The highest BCUT2D eigenvalue weighted by atomic mass is 15.3. The summed E-state index contributed by atoms with van der Waals surface area (Å²) >= 11 is 0. The summed E-state index contributed by atoms with van der Waals surface area (Å²) in [5.41, 5.74) is 1.13. The second kappa shape index (κ2) is 4.69. The van der Waals surface area contributed by atoms with Gasteiger partial charge in [0.15, 0.2) is 0 Å². The second-order valence-electron chi connectivity index (χ2n) is 5.53. The van der Waals surface area contributed by atoms with Gasteiger partial charge in [0, 0.05) is 31.9 Å². The van der Waals surface area contributed by atoms with Gasteiger partial charge in [-0.1, -0.05) is 12.8 Å². The maximum absolute atomic E-state index is 4.17. The van der Waals surface area contributed by atoms with Crippen molar-refractivity contribution in [2.45, 2.75) is 44.2 Å². The predicted molar refractivity (Wildman–Crippen MR) is 69.0 cm³/mol. The van der Waals surface area contributed by atoms with Crippen LogP contribution in [0.1, 0.15) is 32.1 Å². The summed E-state index contributed by atoms with van der Waals surface area (Å²) in [4.78, 5) is 0. The fourth-order valence-electron chi connectivity index (χ4n) is 3.34. The van der Waals surface area contributed by atoms with Crippen LogP contribution in [-0.2, 0) is 7.05 Å². The Bertz CT molecular complexity index is 359. The van der Waals surface area contributed by atoms with Gasteiger partial charge < -0.3 is 10.6 Å². The molecule has 0 amide bonds. The molecule has 0 spiro atoms. The van der Waals surface area contributed by atoms with Gasteiger partial charge in [-0.15, -0.1) is 0 Å². The second-order valence-corrected chi connectivity index (χ2v) is 5.53. The van der Waals surface area contributed by atoms with Gasteiger partial charge >= 0.3 is 0 Å². The number of aromatic nitrogens is 2. The van der Waals surface area contributed by atoms with Gasteiger partial charge in [-0.2, -0.15) is 5.10 Å². The van der Waals surface area contributed by atoms with Crippen LogP contribution in [0.4, 0.5) is 5.69 Å². The van der Waals surface area contributed by atoms with Crippen molar-refractivity contribution in [1.82, 2.24) is 15.1 Å². The summed E-state index contributed by atoms with van der Waals surface area (Å²) in [5.74, 6) is 0.935. The van der Waals surface area contributed by atoms with E-state index in [0.717, 1.165) is 24.2 Å². The summed E-state index contributed by atoms with van der Waals surface area (Å²) in [6.45, 7) is 1.03. The summed E-state index contributed by atoms with van der Waals surface area (Å²) in [5, 5.41) is 11.4. The zero-order valence-electron chi connectivity index (χ0n) is 10.5. The lowest BCUT2D eigenvalue weighted by Crippen LogP contribution is -2.36. The van der Waals surface area contributed by atoms with Crippen LogP contribution in [0.2, 0.25) is 0 Å².